The molecule has 0 aromatic rings. The Hall–Kier alpha value is -0.200. The van der Waals surface area contributed by atoms with Gasteiger partial charge in [0.2, 0.25) is 0 Å². The van der Waals surface area contributed by atoms with E-state index in [2.05, 4.69) is 21.7 Å². The van der Waals surface area contributed by atoms with E-state index in [0.717, 1.165) is 25.7 Å². The summed E-state index contributed by atoms with van der Waals surface area (Å²) in [4.78, 5) is 7.81. The molecule has 0 amide bonds. The molecule has 138 valence electrons. The molecule has 0 aromatic heterocycles. The van der Waals surface area contributed by atoms with Crippen LogP contribution < -0.4 is 0 Å². The lowest BCUT2D eigenvalue weighted by atomic mass is 9.86. The average molecular weight is 338 g/mol. The van der Waals surface area contributed by atoms with Gasteiger partial charge in [-0.1, -0.05) is 0 Å². The Balaban J connectivity index is 1.23. The number of piperidine rings is 1. The van der Waals surface area contributed by atoms with Crippen LogP contribution in [0, 0.1) is 5.92 Å². The molecule has 0 N–H and O–H groups in total. The van der Waals surface area contributed by atoms with Crippen molar-refractivity contribution in [1.82, 2.24) is 14.7 Å². The van der Waals surface area contributed by atoms with E-state index < -0.39 is 0 Å². The van der Waals surface area contributed by atoms with Gasteiger partial charge < -0.3 is 19.3 Å². The standard InChI is InChI=1S/C19H35N3O2/c1-20-8-10-22(11-9-20)18-14-19(24-16-18)4-6-21(7-5-19)15-17-2-12-23-13-3-17/h17-18H,2-16H2,1H3. The number of likely N-dealkylation sites (N-methyl/N-ethyl adjacent to an activating group) is 1. The summed E-state index contributed by atoms with van der Waals surface area (Å²) in [6.07, 6.45) is 6.25. The van der Waals surface area contributed by atoms with Crippen molar-refractivity contribution >= 4 is 0 Å². The van der Waals surface area contributed by atoms with Crippen molar-refractivity contribution in [2.45, 2.75) is 43.7 Å². The SMILES string of the molecule is CN1CCN(C2COC3(CCN(CC4CCOCC4)CC3)C2)CC1. The molecule has 4 rings (SSSR count). The van der Waals surface area contributed by atoms with Crippen molar-refractivity contribution in [3.8, 4) is 0 Å². The number of rotatable bonds is 3. The summed E-state index contributed by atoms with van der Waals surface area (Å²) in [5.41, 5.74) is 0.195. The quantitative estimate of drug-likeness (QED) is 0.774. The fourth-order valence-corrected chi connectivity index (χ4v) is 5.03. The Morgan fingerprint density at radius 2 is 1.67 bits per heavy atom. The lowest BCUT2D eigenvalue weighted by Gasteiger charge is -2.41. The van der Waals surface area contributed by atoms with Gasteiger partial charge in [0.15, 0.2) is 0 Å². The smallest absolute Gasteiger partial charge is 0.0723 e. The molecule has 0 radical (unpaired) electrons. The molecule has 0 aromatic carbocycles. The van der Waals surface area contributed by atoms with E-state index in [1.54, 1.807) is 0 Å². The maximum Gasteiger partial charge on any atom is 0.0723 e. The Bertz CT molecular complexity index is 397. The van der Waals surface area contributed by atoms with Gasteiger partial charge in [0.1, 0.15) is 0 Å². The number of nitrogens with zero attached hydrogens (tertiary/aromatic N) is 3. The normalized spacial score (nSPS) is 34.1. The van der Waals surface area contributed by atoms with Crippen molar-refractivity contribution in [2.24, 2.45) is 5.92 Å². The molecule has 4 aliphatic heterocycles. The van der Waals surface area contributed by atoms with Crippen molar-refractivity contribution in [3.05, 3.63) is 0 Å². The molecule has 0 saturated carbocycles. The topological polar surface area (TPSA) is 28.2 Å². The maximum absolute atomic E-state index is 6.41. The highest BCUT2D eigenvalue weighted by Crippen LogP contribution is 2.38. The largest absolute Gasteiger partial charge is 0.381 e. The van der Waals surface area contributed by atoms with Crippen molar-refractivity contribution in [1.29, 1.82) is 0 Å². The minimum absolute atomic E-state index is 0.195. The first-order chi connectivity index (χ1) is 11.7. The van der Waals surface area contributed by atoms with Crippen LogP contribution in [0.2, 0.25) is 0 Å². The van der Waals surface area contributed by atoms with E-state index in [-0.39, 0.29) is 5.60 Å². The highest BCUT2D eigenvalue weighted by atomic mass is 16.5. The van der Waals surface area contributed by atoms with Crippen LogP contribution in [0.4, 0.5) is 0 Å². The van der Waals surface area contributed by atoms with Gasteiger partial charge in [0.05, 0.1) is 12.2 Å². The number of hydrogen-bond acceptors (Lipinski definition) is 5. The molecule has 5 heteroatoms. The lowest BCUT2D eigenvalue weighted by Crippen LogP contribution is -2.50. The van der Waals surface area contributed by atoms with Crippen LogP contribution in [0.1, 0.15) is 32.1 Å². The molecule has 4 aliphatic rings. The van der Waals surface area contributed by atoms with E-state index in [4.69, 9.17) is 9.47 Å². The highest BCUT2D eigenvalue weighted by Gasteiger charge is 2.44. The van der Waals surface area contributed by atoms with Crippen LogP contribution in [0.15, 0.2) is 0 Å². The molecule has 0 bridgehead atoms. The van der Waals surface area contributed by atoms with E-state index in [9.17, 15) is 0 Å². The van der Waals surface area contributed by atoms with Crippen LogP contribution in [-0.4, -0.2) is 99.0 Å². The van der Waals surface area contributed by atoms with Gasteiger partial charge in [-0.3, -0.25) is 4.90 Å². The van der Waals surface area contributed by atoms with E-state index >= 15 is 0 Å². The zero-order chi connectivity index (χ0) is 16.4. The second kappa shape index (κ2) is 7.58. The Morgan fingerprint density at radius 3 is 2.38 bits per heavy atom. The monoisotopic (exact) mass is 337 g/mol. The van der Waals surface area contributed by atoms with Crippen molar-refractivity contribution < 1.29 is 9.47 Å². The second-order valence-corrected chi connectivity index (χ2v) is 8.55. The van der Waals surface area contributed by atoms with E-state index in [1.165, 1.54) is 77.9 Å². The Labute approximate surface area is 147 Å². The zero-order valence-corrected chi connectivity index (χ0v) is 15.4. The summed E-state index contributed by atoms with van der Waals surface area (Å²) >= 11 is 0. The summed E-state index contributed by atoms with van der Waals surface area (Å²) in [7, 11) is 2.23. The zero-order valence-electron chi connectivity index (χ0n) is 15.4. The summed E-state index contributed by atoms with van der Waals surface area (Å²) in [5.74, 6) is 0.857. The van der Waals surface area contributed by atoms with Crippen LogP contribution in [-0.2, 0) is 9.47 Å². The fraction of sp³-hybridized carbons (Fsp3) is 1.00. The first kappa shape index (κ1) is 17.2. The Kier molecular flexibility index (Phi) is 5.44. The minimum Gasteiger partial charge on any atom is -0.381 e. The van der Waals surface area contributed by atoms with Crippen LogP contribution >= 0.6 is 0 Å². The molecule has 5 nitrogen and oxygen atoms in total. The first-order valence-corrected chi connectivity index (χ1v) is 10.1. The molecule has 4 heterocycles. The average Bonchev–Trinajstić information content (AvgIpc) is 3.03. The predicted molar refractivity (Wildman–Crippen MR) is 95.4 cm³/mol. The van der Waals surface area contributed by atoms with Gasteiger partial charge in [0, 0.05) is 65.1 Å². The summed E-state index contributed by atoms with van der Waals surface area (Å²) in [6.45, 7) is 11.5. The minimum atomic E-state index is 0.195. The van der Waals surface area contributed by atoms with E-state index in [0.29, 0.717) is 6.04 Å². The van der Waals surface area contributed by atoms with E-state index in [1.807, 2.05) is 0 Å². The molecular formula is C19H35N3O2. The highest BCUT2D eigenvalue weighted by molar-refractivity contribution is 4.97. The van der Waals surface area contributed by atoms with Crippen molar-refractivity contribution in [3.63, 3.8) is 0 Å². The molecule has 24 heavy (non-hydrogen) atoms. The van der Waals surface area contributed by atoms with Gasteiger partial charge >= 0.3 is 0 Å². The number of ether oxygens (including phenoxy) is 2. The van der Waals surface area contributed by atoms with Gasteiger partial charge in [-0.15, -0.1) is 0 Å². The number of piperazine rings is 1. The molecule has 4 fully saturated rings. The maximum atomic E-state index is 6.41. The van der Waals surface area contributed by atoms with Crippen molar-refractivity contribution in [2.75, 3.05) is 72.7 Å². The molecule has 0 aliphatic carbocycles. The van der Waals surface area contributed by atoms with Gasteiger partial charge in [0.25, 0.3) is 0 Å². The summed E-state index contributed by atoms with van der Waals surface area (Å²) < 4.78 is 11.9. The van der Waals surface area contributed by atoms with Crippen LogP contribution in [0.5, 0.6) is 0 Å². The fourth-order valence-electron chi connectivity index (χ4n) is 5.03. The third-order valence-electron chi connectivity index (χ3n) is 6.87. The van der Waals surface area contributed by atoms with Gasteiger partial charge in [-0.05, 0) is 45.1 Å². The molecular weight excluding hydrogens is 302 g/mol. The summed E-state index contributed by atoms with van der Waals surface area (Å²) in [5, 5.41) is 0. The Morgan fingerprint density at radius 1 is 0.958 bits per heavy atom. The number of likely N-dealkylation sites (tertiary alicyclic amines) is 1. The predicted octanol–water partition coefficient (Wildman–Crippen LogP) is 1.28. The van der Waals surface area contributed by atoms with Gasteiger partial charge in [-0.25, -0.2) is 0 Å². The second-order valence-electron chi connectivity index (χ2n) is 8.55. The third kappa shape index (κ3) is 3.96. The number of hydrogen-bond donors (Lipinski definition) is 0. The molecule has 1 atom stereocenters. The lowest BCUT2D eigenvalue weighted by molar-refractivity contribution is -0.0491. The summed E-state index contributed by atoms with van der Waals surface area (Å²) in [6, 6.07) is 0.667. The molecule has 1 unspecified atom stereocenters. The van der Waals surface area contributed by atoms with Crippen LogP contribution in [0.3, 0.4) is 0 Å². The molecule has 4 saturated heterocycles. The molecule has 1 spiro atoms. The van der Waals surface area contributed by atoms with Gasteiger partial charge in [-0.2, -0.15) is 0 Å². The third-order valence-corrected chi connectivity index (χ3v) is 6.87. The first-order valence-electron chi connectivity index (χ1n) is 10.1. The van der Waals surface area contributed by atoms with Crippen LogP contribution in [0.25, 0.3) is 0 Å².